The van der Waals surface area contributed by atoms with E-state index in [-0.39, 0.29) is 21.4 Å². The molecule has 0 unspecified atom stereocenters. The number of halogens is 1. The molecule has 0 amide bonds. The third-order valence-corrected chi connectivity index (χ3v) is 2.50. The van der Waals surface area contributed by atoms with Gasteiger partial charge in [-0.1, -0.05) is 12.1 Å². The zero-order chi connectivity index (χ0) is 6.10. The van der Waals surface area contributed by atoms with Crippen molar-refractivity contribution in [2.45, 2.75) is 0 Å². The van der Waals surface area contributed by atoms with E-state index in [4.69, 9.17) is 3.07 Å². The zero-order valence-electron chi connectivity index (χ0n) is 4.54. The Morgan fingerprint density at radius 3 is 3.11 bits per heavy atom. The highest BCUT2D eigenvalue weighted by Gasteiger charge is 2.04. The van der Waals surface area contributed by atoms with Gasteiger partial charge in [0.15, 0.2) is 5.75 Å². The van der Waals surface area contributed by atoms with Crippen molar-refractivity contribution < 1.29 is 3.07 Å². The second-order valence-corrected chi connectivity index (χ2v) is 3.02. The predicted octanol–water partition coefficient (Wildman–Crippen LogP) is 2.78. The smallest absolute Gasteiger partial charge is 0.238 e. The van der Waals surface area contributed by atoms with Crippen molar-refractivity contribution in [2.24, 2.45) is 3.15 Å². The maximum Gasteiger partial charge on any atom is 0.238 e. The first kappa shape index (κ1) is 5.34. The number of benzene rings is 1. The summed E-state index contributed by atoms with van der Waals surface area (Å²) in [6, 6.07) is 7.86. The molecule has 0 atom stereocenters. The Bertz CT molecular complexity index is 259. The van der Waals surface area contributed by atoms with Gasteiger partial charge in [-0.25, -0.2) is 0 Å². The molecule has 1 aromatic rings. The van der Waals surface area contributed by atoms with E-state index >= 15 is 0 Å². The van der Waals surface area contributed by atoms with E-state index in [1.165, 1.54) is 0 Å². The van der Waals surface area contributed by atoms with Crippen LogP contribution in [0.2, 0.25) is 0 Å². The molecule has 1 aromatic carbocycles. The lowest BCUT2D eigenvalue weighted by Crippen LogP contribution is -1.66. The summed E-state index contributed by atoms with van der Waals surface area (Å²) in [5.74, 6) is 0.949. The quantitative estimate of drug-likeness (QED) is 0.631. The molecule has 0 spiro atoms. The van der Waals surface area contributed by atoms with Crippen molar-refractivity contribution in [1.82, 2.24) is 0 Å². The third-order valence-electron chi connectivity index (χ3n) is 1.11. The third kappa shape index (κ3) is 0.849. The van der Waals surface area contributed by atoms with Crippen LogP contribution in [-0.2, 0) is 0 Å². The monoisotopic (exact) mass is 233 g/mol. The Labute approximate surface area is 63.6 Å². The summed E-state index contributed by atoms with van der Waals surface area (Å²) >= 11 is -0.363. The van der Waals surface area contributed by atoms with E-state index in [1.807, 2.05) is 24.3 Å². The van der Waals surface area contributed by atoms with E-state index in [0.29, 0.717) is 0 Å². The fraction of sp³-hybridized carbons (Fsp3) is 0. The number of hydrogen-bond acceptors (Lipinski definition) is 2. The summed E-state index contributed by atoms with van der Waals surface area (Å²) in [6.45, 7) is 0. The fourth-order valence-electron chi connectivity index (χ4n) is 0.684. The van der Waals surface area contributed by atoms with Crippen LogP contribution in [0, 0.1) is 0 Å². The SMILES string of the molecule is c1ccc2c(c1)N=IO2. The number of hydrogen-bond donors (Lipinski definition) is 0. The average Bonchev–Trinajstić information content (AvgIpc) is 2.33. The molecule has 0 aromatic heterocycles. The van der Waals surface area contributed by atoms with Gasteiger partial charge in [0.1, 0.15) is 5.69 Å². The largest absolute Gasteiger partial charge is 0.417 e. The van der Waals surface area contributed by atoms with E-state index in [2.05, 4.69) is 3.15 Å². The molecule has 46 valence electrons. The van der Waals surface area contributed by atoms with Gasteiger partial charge < -0.3 is 3.07 Å². The topological polar surface area (TPSA) is 21.6 Å². The van der Waals surface area contributed by atoms with Crippen molar-refractivity contribution in [3.05, 3.63) is 24.3 Å². The van der Waals surface area contributed by atoms with Crippen molar-refractivity contribution >= 4 is 27.1 Å². The lowest BCUT2D eigenvalue weighted by molar-refractivity contribution is 0.724. The zero-order valence-corrected chi connectivity index (χ0v) is 6.70. The molecule has 0 radical (unpaired) electrons. The first-order valence-electron chi connectivity index (χ1n) is 2.58. The minimum Gasteiger partial charge on any atom is -0.417 e. The molecular weight excluding hydrogens is 229 g/mol. The first-order valence-corrected chi connectivity index (χ1v) is 4.42. The molecule has 0 bridgehead atoms. The van der Waals surface area contributed by atoms with Crippen LogP contribution in [0.3, 0.4) is 0 Å². The Kier molecular flexibility index (Phi) is 1.22. The molecule has 0 N–H and O–H groups in total. The predicted molar refractivity (Wildman–Crippen MR) is 43.2 cm³/mol. The molecule has 2 nitrogen and oxygen atoms in total. The fourth-order valence-corrected chi connectivity index (χ4v) is 1.98. The number of para-hydroxylation sites is 1. The number of rotatable bonds is 0. The Hall–Kier alpha value is -0.450. The van der Waals surface area contributed by atoms with Crippen molar-refractivity contribution in [3.63, 3.8) is 0 Å². The number of nitrogens with zero attached hydrogens (tertiary/aromatic N) is 1. The molecule has 1 aliphatic heterocycles. The van der Waals surface area contributed by atoms with E-state index in [1.54, 1.807) is 0 Å². The summed E-state index contributed by atoms with van der Waals surface area (Å²) in [7, 11) is 0. The minimum absolute atomic E-state index is 0.363. The van der Waals surface area contributed by atoms with Gasteiger partial charge in [-0.15, -0.1) is 0 Å². The van der Waals surface area contributed by atoms with E-state index < -0.39 is 0 Å². The van der Waals surface area contributed by atoms with Gasteiger partial charge in [-0.05, 0) is 12.1 Å². The van der Waals surface area contributed by atoms with Gasteiger partial charge in [0.2, 0.25) is 21.4 Å². The molecule has 1 heterocycles. The maximum atomic E-state index is 5.24. The number of fused-ring (bicyclic) bond motifs is 1. The van der Waals surface area contributed by atoms with Gasteiger partial charge in [-0.3, -0.25) is 0 Å². The Morgan fingerprint density at radius 2 is 2.22 bits per heavy atom. The van der Waals surface area contributed by atoms with Gasteiger partial charge in [0.05, 0.1) is 0 Å². The first-order chi connectivity index (χ1) is 4.47. The second kappa shape index (κ2) is 2.06. The van der Waals surface area contributed by atoms with Crippen molar-refractivity contribution in [1.29, 1.82) is 0 Å². The van der Waals surface area contributed by atoms with Crippen LogP contribution < -0.4 is 3.07 Å². The lowest BCUT2D eigenvalue weighted by Gasteiger charge is -1.90. The van der Waals surface area contributed by atoms with Crippen LogP contribution in [0.4, 0.5) is 5.69 Å². The highest BCUT2D eigenvalue weighted by Crippen LogP contribution is 2.37. The summed E-state index contributed by atoms with van der Waals surface area (Å²) in [5.41, 5.74) is 1.02. The molecule has 2 rings (SSSR count). The molecule has 0 saturated carbocycles. The molecule has 0 fully saturated rings. The molecule has 0 saturated heterocycles. The minimum atomic E-state index is -0.363. The second-order valence-electron chi connectivity index (χ2n) is 1.70. The van der Waals surface area contributed by atoms with E-state index in [9.17, 15) is 0 Å². The van der Waals surface area contributed by atoms with Gasteiger partial charge in [-0.2, -0.15) is 3.15 Å². The van der Waals surface area contributed by atoms with E-state index in [0.717, 1.165) is 11.4 Å². The maximum absolute atomic E-state index is 5.24. The van der Waals surface area contributed by atoms with Crippen LogP contribution in [-0.4, -0.2) is 0 Å². The highest BCUT2D eigenvalue weighted by molar-refractivity contribution is 14.1. The standard InChI is InChI=1S/C6H4INO/c1-2-4-6-5(3-1)8-7-9-6/h1-4H. The van der Waals surface area contributed by atoms with Crippen LogP contribution >= 0.6 is 21.4 Å². The van der Waals surface area contributed by atoms with Crippen LogP contribution in [0.15, 0.2) is 27.4 Å². The Morgan fingerprint density at radius 1 is 1.33 bits per heavy atom. The molecule has 9 heavy (non-hydrogen) atoms. The summed E-state index contributed by atoms with van der Waals surface area (Å²) in [6.07, 6.45) is 0. The van der Waals surface area contributed by atoms with Crippen LogP contribution in [0.1, 0.15) is 0 Å². The van der Waals surface area contributed by atoms with Crippen LogP contribution in [0.5, 0.6) is 5.75 Å². The highest BCUT2D eigenvalue weighted by atomic mass is 127. The average molecular weight is 233 g/mol. The molecule has 0 aliphatic carbocycles. The lowest BCUT2D eigenvalue weighted by atomic mass is 10.3. The molecule has 1 aliphatic rings. The van der Waals surface area contributed by atoms with Crippen molar-refractivity contribution in [2.75, 3.05) is 0 Å². The molecule has 3 heteroatoms. The van der Waals surface area contributed by atoms with Crippen molar-refractivity contribution in [3.8, 4) is 5.75 Å². The van der Waals surface area contributed by atoms with Gasteiger partial charge in [0.25, 0.3) is 0 Å². The summed E-state index contributed by atoms with van der Waals surface area (Å²) in [5, 5.41) is 0. The summed E-state index contributed by atoms with van der Waals surface area (Å²) < 4.78 is 9.43. The van der Waals surface area contributed by atoms with Gasteiger partial charge in [0, 0.05) is 0 Å². The van der Waals surface area contributed by atoms with Gasteiger partial charge >= 0.3 is 0 Å². The summed E-state index contributed by atoms with van der Waals surface area (Å²) in [4.78, 5) is 0. The Balaban J connectivity index is 2.63. The molecular formula is C6H4INO. The van der Waals surface area contributed by atoms with Crippen LogP contribution in [0.25, 0.3) is 0 Å². The normalized spacial score (nSPS) is 13.8.